The average Bonchev–Trinajstić information content (AvgIpc) is 0.837. The van der Waals surface area contributed by atoms with Gasteiger partial charge in [-0.05, 0) is 271 Å². The van der Waals surface area contributed by atoms with E-state index in [9.17, 15) is 72.9 Å². The van der Waals surface area contributed by atoms with Crippen molar-refractivity contribution in [3.05, 3.63) is 358 Å². The van der Waals surface area contributed by atoms with Crippen molar-refractivity contribution in [3.63, 3.8) is 0 Å². The molecule has 149 heavy (non-hydrogen) atoms. The number of rotatable bonds is 56. The Morgan fingerprint density at radius 2 is 0.423 bits per heavy atom. The largest absolute Gasteiger partial charge is 0.497 e. The van der Waals surface area contributed by atoms with Crippen molar-refractivity contribution < 1.29 is 115 Å². The maximum atomic E-state index is 13.3. The Bertz CT molecular complexity index is 6250. The molecule has 0 heterocycles. The van der Waals surface area contributed by atoms with Gasteiger partial charge in [-0.1, -0.05) is 183 Å². The van der Waals surface area contributed by atoms with Crippen molar-refractivity contribution >= 4 is 88.3 Å². The Morgan fingerprint density at radius 1 is 0.228 bits per heavy atom. The zero-order valence-electron chi connectivity index (χ0n) is 85.0. The smallest absolute Gasteiger partial charge is 0.343 e. The lowest BCUT2D eigenvalue weighted by atomic mass is 10.1. The SMILES string of the molecule is CCCCCCCCCOc1ccc(C(=O)Oc2ccc(CN(CC(=O)O)C(=O)c3ccc(NC(=O)Cc4ccc(OC)cc4)cc3)cc2)cc1.CCCCCCCCOc1ccc(C(=O)Oc2ccc(CN(CC(=O)O)C(=O)c3ccc(NC(=O)Cc4ccc(OC)cc4)cc3)cc2)cc1.CCCCCCOc1ccc(C(=O)Oc2ccc(CN(CC(=O)O)C(=O)c3ccc(NC(=O)Cc4ccc(OC)cc4)cc3)cc2)cc1. The molecule has 6 amide bonds. The van der Waals surface area contributed by atoms with Crippen LogP contribution in [0.4, 0.5) is 17.1 Å². The van der Waals surface area contributed by atoms with E-state index in [0.29, 0.717) is 122 Å². The van der Waals surface area contributed by atoms with Gasteiger partial charge in [0.15, 0.2) is 0 Å². The summed E-state index contributed by atoms with van der Waals surface area (Å²) in [5, 5.41) is 36.9. The summed E-state index contributed by atoms with van der Waals surface area (Å²) in [5.41, 5.74) is 7.84. The number of methoxy groups -OCH3 is 3. The van der Waals surface area contributed by atoms with Gasteiger partial charge >= 0.3 is 35.8 Å². The van der Waals surface area contributed by atoms with E-state index in [1.165, 1.54) is 115 Å². The molecule has 6 N–H and O–H groups in total. The van der Waals surface area contributed by atoms with Crippen LogP contribution < -0.4 is 58.6 Å². The highest BCUT2D eigenvalue weighted by molar-refractivity contribution is 6.01. The Hall–Kier alpha value is -16.9. The second kappa shape index (κ2) is 62.0. The highest BCUT2D eigenvalue weighted by Crippen LogP contribution is 2.28. The second-order valence-corrected chi connectivity index (χ2v) is 35.3. The van der Waals surface area contributed by atoms with Crippen molar-refractivity contribution in [1.82, 2.24) is 14.7 Å². The average molecular weight is 2030 g/mol. The maximum Gasteiger partial charge on any atom is 0.343 e. The Balaban J connectivity index is 0.000000229. The fourth-order valence-corrected chi connectivity index (χ4v) is 15.4. The van der Waals surface area contributed by atoms with E-state index >= 15 is 0 Å². The Labute approximate surface area is 868 Å². The van der Waals surface area contributed by atoms with E-state index in [-0.39, 0.29) is 73.3 Å². The molecular formula is C119H130N6O24. The third-order valence-electron chi connectivity index (χ3n) is 23.5. The van der Waals surface area contributed by atoms with Gasteiger partial charge in [-0.25, -0.2) is 14.4 Å². The van der Waals surface area contributed by atoms with Crippen LogP contribution in [-0.2, 0) is 67.7 Å². The van der Waals surface area contributed by atoms with Gasteiger partial charge in [0.25, 0.3) is 17.7 Å². The van der Waals surface area contributed by atoms with Gasteiger partial charge in [-0.2, -0.15) is 0 Å². The van der Waals surface area contributed by atoms with E-state index in [4.69, 9.17) is 42.6 Å². The summed E-state index contributed by atoms with van der Waals surface area (Å²) in [4.78, 5) is 154. The molecule has 30 heteroatoms. The van der Waals surface area contributed by atoms with Crippen LogP contribution in [0, 0.1) is 0 Å². The monoisotopic (exact) mass is 2030 g/mol. The van der Waals surface area contributed by atoms with E-state index in [2.05, 4.69) is 36.7 Å². The zero-order chi connectivity index (χ0) is 106. The third kappa shape index (κ3) is 40.9. The summed E-state index contributed by atoms with van der Waals surface area (Å²) in [6.45, 7) is 6.95. The van der Waals surface area contributed by atoms with Crippen LogP contribution in [0.1, 0.15) is 225 Å². The fourth-order valence-electron chi connectivity index (χ4n) is 15.4. The highest BCUT2D eigenvalue weighted by Gasteiger charge is 2.25. The molecule has 0 saturated heterocycles. The number of esters is 3. The lowest BCUT2D eigenvalue weighted by Crippen LogP contribution is -2.35. The number of carbonyl (C=O) groups is 12. The van der Waals surface area contributed by atoms with Gasteiger partial charge in [-0.3, -0.25) is 43.2 Å². The number of nitrogens with one attached hydrogen (secondary N) is 3. The molecule has 0 radical (unpaired) electrons. The molecule has 0 unspecified atom stereocenters. The number of hydrogen-bond acceptors (Lipinski definition) is 21. The molecule has 0 aliphatic carbocycles. The molecular weight excluding hydrogens is 1900 g/mol. The number of nitrogens with zero attached hydrogens (tertiary/aromatic N) is 3. The standard InChI is InChI=1S/C41H46N2O8.C40H44N2O8.C38H40N2O8/c1-3-4-5-6-7-8-9-26-50-36-24-16-33(17-25-36)41(48)51-37-22-12-31(13-23-37)28-43(29-39(45)46)40(47)32-14-18-34(19-15-32)42-38(44)27-30-10-20-35(49-2)21-11-30;1-3-4-5-6-7-8-25-49-35-23-15-32(16-24-35)40(47)50-36-21-11-30(12-22-36)27-42(28-38(44)45)39(46)31-13-17-33(18-14-31)41-37(43)26-29-9-19-34(48-2)20-10-29;1-3-4-5-6-23-47-33-21-13-30(14-22-33)38(45)48-34-19-9-28(10-20-34)25-40(26-36(42)43)37(44)29-11-15-31(16-12-29)39-35(41)24-27-7-17-32(46-2)18-8-27/h10-25H,3-9,26-29H2,1-2H3,(H,42,44)(H,45,46);9-24H,3-8,25-28H2,1-2H3,(H,41,43)(H,44,45);7-22H,3-6,23-26H2,1-2H3,(H,39,41)(H,42,43). The summed E-state index contributed by atoms with van der Waals surface area (Å²) >= 11 is 0. The molecule has 0 aliphatic heterocycles. The molecule has 0 saturated carbocycles. The number of unbranched alkanes of at least 4 members (excludes halogenated alkanes) is 14. The first-order valence-electron chi connectivity index (χ1n) is 49.9. The van der Waals surface area contributed by atoms with Crippen molar-refractivity contribution in [2.45, 2.75) is 169 Å². The third-order valence-corrected chi connectivity index (χ3v) is 23.5. The topological polar surface area (TPSA) is 394 Å². The quantitative estimate of drug-likeness (QED) is 0.0117. The van der Waals surface area contributed by atoms with Crippen LogP contribution in [-0.4, -0.2) is 162 Å². The number of amides is 6. The number of carboxylic acids is 3. The van der Waals surface area contributed by atoms with Gasteiger partial charge < -0.3 is 88.6 Å². The highest BCUT2D eigenvalue weighted by atomic mass is 16.5. The minimum Gasteiger partial charge on any atom is -0.497 e. The predicted octanol–water partition coefficient (Wildman–Crippen LogP) is 22.3. The molecule has 0 aromatic heterocycles. The number of anilines is 3. The molecule has 0 aliphatic rings. The summed E-state index contributed by atoms with van der Waals surface area (Å²) in [6, 6.07) is 80.4. The summed E-state index contributed by atoms with van der Waals surface area (Å²) in [5.74, 6) is -2.09. The van der Waals surface area contributed by atoms with Crippen LogP contribution >= 0.6 is 0 Å². The molecule has 780 valence electrons. The first-order valence-corrected chi connectivity index (χ1v) is 49.9. The van der Waals surface area contributed by atoms with E-state index < -0.39 is 73.2 Å². The molecule has 0 atom stereocenters. The zero-order valence-corrected chi connectivity index (χ0v) is 85.0. The number of hydrogen-bond donors (Lipinski definition) is 6. The summed E-state index contributed by atoms with van der Waals surface area (Å²) in [6.07, 6.45) is 20.5. The van der Waals surface area contributed by atoms with E-state index in [1.807, 2.05) is 36.4 Å². The molecule has 12 aromatic carbocycles. The van der Waals surface area contributed by atoms with Gasteiger partial charge in [0.05, 0.1) is 77.1 Å². The predicted molar refractivity (Wildman–Crippen MR) is 568 cm³/mol. The molecule has 12 aromatic rings. The first-order chi connectivity index (χ1) is 72.2. The lowest BCUT2D eigenvalue weighted by Gasteiger charge is -2.21. The van der Waals surface area contributed by atoms with Gasteiger partial charge in [0.1, 0.15) is 71.4 Å². The Kier molecular flexibility index (Phi) is 47.5. The van der Waals surface area contributed by atoms with Crippen LogP contribution in [0.3, 0.4) is 0 Å². The number of ether oxygens (including phenoxy) is 9. The van der Waals surface area contributed by atoms with Crippen LogP contribution in [0.25, 0.3) is 0 Å². The molecule has 30 nitrogen and oxygen atoms in total. The minimum absolute atomic E-state index is 0.0135. The normalized spacial score (nSPS) is 10.6. The van der Waals surface area contributed by atoms with Crippen molar-refractivity contribution in [1.29, 1.82) is 0 Å². The number of aliphatic carboxylic acids is 3. The van der Waals surface area contributed by atoms with Crippen LogP contribution in [0.15, 0.2) is 291 Å². The van der Waals surface area contributed by atoms with Crippen molar-refractivity contribution in [2.75, 3.05) is 76.7 Å². The molecule has 0 bridgehead atoms. The Morgan fingerprint density at radius 3 is 0.644 bits per heavy atom. The number of benzene rings is 12. The van der Waals surface area contributed by atoms with Gasteiger partial charge in [0, 0.05) is 53.4 Å². The van der Waals surface area contributed by atoms with Crippen molar-refractivity contribution in [2.24, 2.45) is 0 Å². The van der Waals surface area contributed by atoms with Crippen LogP contribution in [0.2, 0.25) is 0 Å². The summed E-state index contributed by atoms with van der Waals surface area (Å²) < 4.78 is 49.3. The maximum absolute atomic E-state index is 13.3. The number of carboxylic acid groups (broad SMARTS) is 3. The fraction of sp³-hybridized carbons (Fsp3) is 0.294. The first kappa shape index (κ1) is 114. The van der Waals surface area contributed by atoms with E-state index in [1.54, 1.807) is 240 Å². The van der Waals surface area contributed by atoms with E-state index in [0.717, 1.165) is 61.6 Å². The van der Waals surface area contributed by atoms with Gasteiger partial charge in [-0.15, -0.1) is 0 Å². The second-order valence-electron chi connectivity index (χ2n) is 35.3. The summed E-state index contributed by atoms with van der Waals surface area (Å²) in [7, 11) is 4.72. The molecule has 0 spiro atoms. The van der Waals surface area contributed by atoms with Crippen molar-refractivity contribution in [3.8, 4) is 51.7 Å². The molecule has 0 fully saturated rings. The lowest BCUT2D eigenvalue weighted by molar-refractivity contribution is -0.138. The van der Waals surface area contributed by atoms with Crippen LogP contribution in [0.5, 0.6) is 51.7 Å². The number of carbonyl (C=O) groups excluding carboxylic acids is 9. The molecule has 12 rings (SSSR count). The van der Waals surface area contributed by atoms with Gasteiger partial charge in [0.2, 0.25) is 17.7 Å². The minimum atomic E-state index is -1.16.